The molecule has 0 bridgehead atoms. The lowest BCUT2D eigenvalue weighted by atomic mass is 9.75. The van der Waals surface area contributed by atoms with Gasteiger partial charge in [0.15, 0.2) is 11.5 Å². The Kier molecular flexibility index (Phi) is 4.75. The largest absolute Gasteiger partial charge is 0.586 e. The number of hydrogen-bond donors (Lipinski definition) is 2. The Bertz CT molecular complexity index is 685. The number of carbonyl (C=O) groups is 1. The van der Waals surface area contributed by atoms with E-state index < -0.39 is 42.1 Å². The zero-order chi connectivity index (χ0) is 19.2. The smallest absolute Gasteiger partial charge is 0.465 e. The maximum Gasteiger partial charge on any atom is 0.586 e. The van der Waals surface area contributed by atoms with E-state index in [2.05, 4.69) is 14.2 Å². The molecule has 0 aromatic heterocycles. The van der Waals surface area contributed by atoms with Gasteiger partial charge in [0.05, 0.1) is 23.9 Å². The highest BCUT2D eigenvalue weighted by atomic mass is 19.3. The lowest BCUT2D eigenvalue weighted by Crippen LogP contribution is -2.53. The van der Waals surface area contributed by atoms with Crippen LogP contribution in [0.3, 0.4) is 0 Å². The van der Waals surface area contributed by atoms with Crippen molar-refractivity contribution in [3.8, 4) is 11.5 Å². The van der Waals surface area contributed by atoms with Crippen molar-refractivity contribution in [3.05, 3.63) is 17.7 Å². The molecule has 0 saturated heterocycles. The number of alkyl halides is 2. The molecule has 0 fully saturated rings. The molecular formula is C15H19BF2O7. The summed E-state index contributed by atoms with van der Waals surface area (Å²) < 4.78 is 45.5. The molecule has 0 saturated carbocycles. The standard InChI is InChI=1S/C15H19BF2O7/c1-13(2,20)14(3,4)25-16(21)9-6-8(12(19)22-5)7-10-11(9)24-15(17,18)23-10/h6-7,20-21H,1-5H3. The van der Waals surface area contributed by atoms with Gasteiger partial charge in [-0.25, -0.2) is 4.79 Å². The first-order valence-electron chi connectivity index (χ1n) is 7.38. The van der Waals surface area contributed by atoms with Gasteiger partial charge in [0, 0.05) is 5.46 Å². The minimum Gasteiger partial charge on any atom is -0.465 e. The van der Waals surface area contributed by atoms with Crippen LogP contribution in [0.5, 0.6) is 11.5 Å². The van der Waals surface area contributed by atoms with E-state index in [1.807, 2.05) is 0 Å². The first kappa shape index (κ1) is 19.4. The Hall–Kier alpha value is -1.91. The van der Waals surface area contributed by atoms with E-state index in [1.165, 1.54) is 27.7 Å². The van der Waals surface area contributed by atoms with E-state index in [4.69, 9.17) is 4.65 Å². The number of methoxy groups -OCH3 is 1. The maximum absolute atomic E-state index is 13.4. The van der Waals surface area contributed by atoms with Crippen LogP contribution >= 0.6 is 0 Å². The highest BCUT2D eigenvalue weighted by Gasteiger charge is 2.48. The molecule has 0 radical (unpaired) electrons. The minimum atomic E-state index is -3.95. The van der Waals surface area contributed by atoms with Gasteiger partial charge in [0.25, 0.3) is 0 Å². The van der Waals surface area contributed by atoms with Crippen LogP contribution in [0.1, 0.15) is 38.1 Å². The fourth-order valence-corrected chi connectivity index (χ4v) is 1.98. The van der Waals surface area contributed by atoms with Crippen molar-refractivity contribution in [2.45, 2.75) is 45.2 Å². The summed E-state index contributed by atoms with van der Waals surface area (Å²) in [5.74, 6) is -1.72. The number of halogens is 2. The Labute approximate surface area is 143 Å². The third kappa shape index (κ3) is 3.86. The molecule has 1 aromatic rings. The molecule has 0 amide bonds. The first-order valence-corrected chi connectivity index (χ1v) is 7.38. The van der Waals surface area contributed by atoms with Crippen molar-refractivity contribution in [1.29, 1.82) is 0 Å². The van der Waals surface area contributed by atoms with Gasteiger partial charge in [-0.3, -0.25) is 0 Å². The number of carbonyl (C=O) groups excluding carboxylic acids is 1. The van der Waals surface area contributed by atoms with E-state index in [0.29, 0.717) is 0 Å². The molecule has 2 rings (SSSR count). The van der Waals surface area contributed by atoms with Crippen LogP contribution in [-0.2, 0) is 9.39 Å². The third-order valence-corrected chi connectivity index (χ3v) is 4.10. The third-order valence-electron chi connectivity index (χ3n) is 4.10. The first-order chi connectivity index (χ1) is 11.3. The second-order valence-electron chi connectivity index (χ2n) is 6.59. The molecule has 1 aliphatic rings. The average Bonchev–Trinajstić information content (AvgIpc) is 2.77. The summed E-state index contributed by atoms with van der Waals surface area (Å²) in [6, 6.07) is 2.11. The van der Waals surface area contributed by atoms with E-state index in [9.17, 15) is 23.7 Å². The van der Waals surface area contributed by atoms with E-state index in [0.717, 1.165) is 19.2 Å². The van der Waals surface area contributed by atoms with Crippen LogP contribution in [0, 0.1) is 0 Å². The molecule has 1 heterocycles. The molecule has 2 N–H and O–H groups in total. The fraction of sp³-hybridized carbons (Fsp3) is 0.533. The molecule has 0 spiro atoms. The van der Waals surface area contributed by atoms with Gasteiger partial charge in [0.1, 0.15) is 0 Å². The van der Waals surface area contributed by atoms with Gasteiger partial charge in [0.2, 0.25) is 0 Å². The Morgan fingerprint density at radius 2 is 1.84 bits per heavy atom. The summed E-state index contributed by atoms with van der Waals surface area (Å²) in [5.41, 5.74) is -3.02. The molecule has 0 aliphatic carbocycles. The van der Waals surface area contributed by atoms with Crippen molar-refractivity contribution in [3.63, 3.8) is 0 Å². The second kappa shape index (κ2) is 6.12. The molecule has 138 valence electrons. The summed E-state index contributed by atoms with van der Waals surface area (Å²) in [6.45, 7) is 5.94. The van der Waals surface area contributed by atoms with Gasteiger partial charge >= 0.3 is 19.4 Å². The van der Waals surface area contributed by atoms with Crippen LogP contribution in [0.15, 0.2) is 12.1 Å². The summed E-state index contributed by atoms with van der Waals surface area (Å²) >= 11 is 0. The lowest BCUT2D eigenvalue weighted by molar-refractivity contribution is -0.286. The minimum absolute atomic E-state index is 0.138. The van der Waals surface area contributed by atoms with Gasteiger partial charge in [-0.2, -0.15) is 0 Å². The SMILES string of the molecule is COC(=O)c1cc2c(c(B(O)OC(C)(C)C(C)(C)O)c1)OC(F)(F)O2. The summed E-state index contributed by atoms with van der Waals surface area (Å²) in [6.07, 6.45) is -3.95. The number of ether oxygens (including phenoxy) is 3. The van der Waals surface area contributed by atoms with Crippen LogP contribution in [-0.4, -0.2) is 47.8 Å². The van der Waals surface area contributed by atoms with Crippen molar-refractivity contribution in [1.82, 2.24) is 0 Å². The highest BCUT2D eigenvalue weighted by Crippen LogP contribution is 2.41. The van der Waals surface area contributed by atoms with E-state index in [1.54, 1.807) is 0 Å². The zero-order valence-electron chi connectivity index (χ0n) is 14.4. The molecule has 25 heavy (non-hydrogen) atoms. The van der Waals surface area contributed by atoms with Crippen LogP contribution in [0.25, 0.3) is 0 Å². The quantitative estimate of drug-likeness (QED) is 0.599. The second-order valence-corrected chi connectivity index (χ2v) is 6.59. The van der Waals surface area contributed by atoms with E-state index >= 15 is 0 Å². The highest BCUT2D eigenvalue weighted by molar-refractivity contribution is 6.61. The van der Waals surface area contributed by atoms with Crippen LogP contribution < -0.4 is 14.9 Å². The average molecular weight is 360 g/mol. The molecule has 1 aliphatic heterocycles. The van der Waals surface area contributed by atoms with Gasteiger partial charge in [-0.15, -0.1) is 8.78 Å². The number of benzene rings is 1. The Morgan fingerprint density at radius 1 is 1.24 bits per heavy atom. The van der Waals surface area contributed by atoms with Gasteiger partial charge in [-0.05, 0) is 39.8 Å². The number of rotatable bonds is 5. The Morgan fingerprint density at radius 3 is 2.36 bits per heavy atom. The number of aliphatic hydroxyl groups is 1. The predicted octanol–water partition coefficient (Wildman–Crippen LogP) is 1.05. The normalized spacial score (nSPS) is 15.9. The van der Waals surface area contributed by atoms with Crippen molar-refractivity contribution < 1.29 is 42.6 Å². The lowest BCUT2D eigenvalue weighted by Gasteiger charge is -2.38. The molecular weight excluding hydrogens is 341 g/mol. The zero-order valence-corrected chi connectivity index (χ0v) is 14.4. The van der Waals surface area contributed by atoms with Crippen molar-refractivity contribution in [2.75, 3.05) is 7.11 Å². The van der Waals surface area contributed by atoms with Crippen LogP contribution in [0.2, 0.25) is 0 Å². The van der Waals surface area contributed by atoms with E-state index in [-0.39, 0.29) is 11.0 Å². The molecule has 1 aromatic carbocycles. The molecule has 0 atom stereocenters. The summed E-state index contributed by atoms with van der Waals surface area (Å²) in [4.78, 5) is 11.7. The van der Waals surface area contributed by atoms with Crippen molar-refractivity contribution in [2.24, 2.45) is 0 Å². The Balaban J connectivity index is 2.46. The maximum atomic E-state index is 13.4. The fourth-order valence-electron chi connectivity index (χ4n) is 1.98. The number of hydrogen-bond acceptors (Lipinski definition) is 7. The molecule has 10 heteroatoms. The van der Waals surface area contributed by atoms with Gasteiger partial charge in [-0.1, -0.05) is 0 Å². The predicted molar refractivity (Wildman–Crippen MR) is 83.1 cm³/mol. The number of fused-ring (bicyclic) bond motifs is 1. The summed E-state index contributed by atoms with van der Waals surface area (Å²) in [5, 5.41) is 20.5. The topological polar surface area (TPSA) is 94.5 Å². The van der Waals surface area contributed by atoms with Gasteiger partial charge < -0.3 is 29.0 Å². The number of esters is 1. The molecule has 0 unspecified atom stereocenters. The van der Waals surface area contributed by atoms with Crippen LogP contribution in [0.4, 0.5) is 8.78 Å². The molecule has 7 nitrogen and oxygen atoms in total. The summed E-state index contributed by atoms with van der Waals surface area (Å²) in [7, 11) is -0.664. The van der Waals surface area contributed by atoms with Crippen molar-refractivity contribution >= 4 is 18.6 Å². The monoisotopic (exact) mass is 360 g/mol.